The summed E-state index contributed by atoms with van der Waals surface area (Å²) in [5.41, 5.74) is 1.70. The third-order valence-corrected chi connectivity index (χ3v) is 4.81. The number of ether oxygens (including phenoxy) is 1. The molecule has 2 amide bonds. The van der Waals surface area contributed by atoms with Gasteiger partial charge in [-0.25, -0.2) is 0 Å². The Balaban J connectivity index is 1.80. The molecule has 0 spiro atoms. The molecule has 0 aromatic heterocycles. The number of nitrogens with zero attached hydrogens (tertiary/aromatic N) is 1. The quantitative estimate of drug-likeness (QED) is 0.620. The lowest BCUT2D eigenvalue weighted by molar-refractivity contribution is -0.123. The zero-order valence-corrected chi connectivity index (χ0v) is 17.8. The number of hydrogen-bond acceptors (Lipinski definition) is 4. The third-order valence-electron chi connectivity index (χ3n) is 4.57. The summed E-state index contributed by atoms with van der Waals surface area (Å²) in [6.45, 7) is 2.87. The normalized spacial score (nSPS) is 11.8. The van der Waals surface area contributed by atoms with Crippen molar-refractivity contribution < 1.29 is 14.3 Å². The molecule has 7 heteroatoms. The van der Waals surface area contributed by atoms with E-state index < -0.39 is 0 Å². The standard InChI is InChI=1S/C22H28ClN3O3/c1-4-16(17-8-6-5-7-9-17)13-24-21(27)14-26(2)15-22(28)25-19-12-18(23)10-11-20(19)29-3/h5-12,16H,4,13-15H2,1-3H3,(H,24,27)(H,25,28)/t16-/m1/s1. The largest absolute Gasteiger partial charge is 0.495 e. The Labute approximate surface area is 177 Å². The van der Waals surface area contributed by atoms with Crippen LogP contribution in [0.1, 0.15) is 24.8 Å². The number of likely N-dealkylation sites (N-methyl/N-ethyl adjacent to an activating group) is 1. The molecule has 2 aromatic rings. The lowest BCUT2D eigenvalue weighted by Crippen LogP contribution is -2.40. The van der Waals surface area contributed by atoms with Crippen molar-refractivity contribution in [1.29, 1.82) is 0 Å². The first kappa shape index (κ1) is 22.7. The minimum atomic E-state index is -0.253. The number of carbonyl (C=O) groups excluding carboxylic acids is 2. The average molecular weight is 418 g/mol. The Morgan fingerprint density at radius 3 is 2.45 bits per heavy atom. The van der Waals surface area contributed by atoms with Crippen molar-refractivity contribution in [2.45, 2.75) is 19.3 Å². The third kappa shape index (κ3) is 7.40. The molecule has 6 nitrogen and oxygen atoms in total. The fraction of sp³-hybridized carbons (Fsp3) is 0.364. The molecule has 0 bridgehead atoms. The molecule has 2 rings (SSSR count). The molecule has 0 radical (unpaired) electrons. The molecule has 0 saturated carbocycles. The summed E-state index contributed by atoms with van der Waals surface area (Å²) >= 11 is 5.98. The van der Waals surface area contributed by atoms with Crippen LogP contribution in [0.15, 0.2) is 48.5 Å². The number of anilines is 1. The van der Waals surface area contributed by atoms with Gasteiger partial charge in [-0.15, -0.1) is 0 Å². The predicted octanol–water partition coefficient (Wildman–Crippen LogP) is 3.53. The minimum absolute atomic E-state index is 0.0684. The van der Waals surface area contributed by atoms with Crippen molar-refractivity contribution in [3.05, 3.63) is 59.1 Å². The molecule has 0 aliphatic carbocycles. The van der Waals surface area contributed by atoms with E-state index in [4.69, 9.17) is 16.3 Å². The van der Waals surface area contributed by atoms with Crippen molar-refractivity contribution in [1.82, 2.24) is 10.2 Å². The second-order valence-electron chi connectivity index (χ2n) is 6.89. The molecule has 0 fully saturated rings. The van der Waals surface area contributed by atoms with Gasteiger partial charge in [0.15, 0.2) is 0 Å². The first-order valence-electron chi connectivity index (χ1n) is 9.56. The molecule has 156 valence electrons. The summed E-state index contributed by atoms with van der Waals surface area (Å²) in [7, 11) is 3.25. The van der Waals surface area contributed by atoms with Crippen molar-refractivity contribution in [2.75, 3.05) is 39.1 Å². The summed E-state index contributed by atoms with van der Waals surface area (Å²) in [5.74, 6) is 0.422. The Bertz CT molecular complexity index is 814. The van der Waals surface area contributed by atoms with E-state index in [-0.39, 0.29) is 30.8 Å². The van der Waals surface area contributed by atoms with E-state index in [2.05, 4.69) is 29.7 Å². The topological polar surface area (TPSA) is 70.7 Å². The molecule has 0 aliphatic heterocycles. The summed E-state index contributed by atoms with van der Waals surface area (Å²) in [6.07, 6.45) is 0.935. The van der Waals surface area contributed by atoms with Gasteiger partial charge in [0.2, 0.25) is 11.8 Å². The number of benzene rings is 2. The maximum atomic E-state index is 12.3. The second-order valence-corrected chi connectivity index (χ2v) is 7.32. The van der Waals surface area contributed by atoms with Crippen LogP contribution in [0.3, 0.4) is 0 Å². The molecule has 2 N–H and O–H groups in total. The molecular weight excluding hydrogens is 390 g/mol. The van der Waals surface area contributed by atoms with Crippen LogP contribution < -0.4 is 15.4 Å². The first-order valence-corrected chi connectivity index (χ1v) is 9.94. The van der Waals surface area contributed by atoms with Gasteiger partial charge in [0.1, 0.15) is 5.75 Å². The maximum Gasteiger partial charge on any atom is 0.238 e. The highest BCUT2D eigenvalue weighted by molar-refractivity contribution is 6.31. The Kier molecular flexibility index (Phi) is 8.96. The molecule has 0 aliphatic rings. The molecular formula is C22H28ClN3O3. The second kappa shape index (κ2) is 11.4. The van der Waals surface area contributed by atoms with Crippen LogP contribution in [0.5, 0.6) is 5.75 Å². The predicted molar refractivity (Wildman–Crippen MR) is 117 cm³/mol. The SMILES string of the molecule is CC[C@H](CNC(=O)CN(C)CC(=O)Nc1cc(Cl)ccc1OC)c1ccccc1. The van der Waals surface area contributed by atoms with Crippen LogP contribution in [0.25, 0.3) is 0 Å². The molecule has 29 heavy (non-hydrogen) atoms. The Morgan fingerprint density at radius 1 is 1.10 bits per heavy atom. The number of carbonyl (C=O) groups is 2. The minimum Gasteiger partial charge on any atom is -0.495 e. The van der Waals surface area contributed by atoms with Gasteiger partial charge in [-0.2, -0.15) is 0 Å². The summed E-state index contributed by atoms with van der Waals surface area (Å²) in [5, 5.41) is 6.23. The fourth-order valence-electron chi connectivity index (χ4n) is 3.03. The molecule has 0 unspecified atom stereocenters. The summed E-state index contributed by atoms with van der Waals surface area (Å²) in [6, 6.07) is 15.1. The van der Waals surface area contributed by atoms with Crippen LogP contribution >= 0.6 is 11.6 Å². The monoisotopic (exact) mass is 417 g/mol. The van der Waals surface area contributed by atoms with Gasteiger partial charge < -0.3 is 15.4 Å². The number of rotatable bonds is 10. The Hall–Kier alpha value is -2.57. The van der Waals surface area contributed by atoms with E-state index in [0.717, 1.165) is 6.42 Å². The number of methoxy groups -OCH3 is 1. The van der Waals surface area contributed by atoms with Crippen LogP contribution in [-0.4, -0.2) is 50.5 Å². The van der Waals surface area contributed by atoms with Crippen LogP contribution in [0.4, 0.5) is 5.69 Å². The molecule has 2 aromatic carbocycles. The average Bonchev–Trinajstić information content (AvgIpc) is 2.69. The van der Waals surface area contributed by atoms with Crippen molar-refractivity contribution in [3.8, 4) is 5.75 Å². The highest BCUT2D eigenvalue weighted by atomic mass is 35.5. The van der Waals surface area contributed by atoms with Gasteiger partial charge in [-0.05, 0) is 37.2 Å². The summed E-state index contributed by atoms with van der Waals surface area (Å²) in [4.78, 5) is 26.2. The van der Waals surface area contributed by atoms with Crippen LogP contribution in [-0.2, 0) is 9.59 Å². The van der Waals surface area contributed by atoms with Gasteiger partial charge in [0.05, 0.1) is 25.9 Å². The van der Waals surface area contributed by atoms with E-state index in [0.29, 0.717) is 23.0 Å². The van der Waals surface area contributed by atoms with Gasteiger partial charge in [0.25, 0.3) is 0 Å². The zero-order chi connectivity index (χ0) is 21.2. The van der Waals surface area contributed by atoms with E-state index in [1.165, 1.54) is 12.7 Å². The highest BCUT2D eigenvalue weighted by Gasteiger charge is 2.15. The van der Waals surface area contributed by atoms with Crippen molar-refractivity contribution in [3.63, 3.8) is 0 Å². The number of hydrogen-bond donors (Lipinski definition) is 2. The Morgan fingerprint density at radius 2 is 1.79 bits per heavy atom. The van der Waals surface area contributed by atoms with Crippen molar-refractivity contribution in [2.24, 2.45) is 0 Å². The molecule has 1 atom stereocenters. The summed E-state index contributed by atoms with van der Waals surface area (Å²) < 4.78 is 5.22. The van der Waals surface area contributed by atoms with E-state index in [9.17, 15) is 9.59 Å². The smallest absolute Gasteiger partial charge is 0.238 e. The van der Waals surface area contributed by atoms with Crippen LogP contribution in [0.2, 0.25) is 5.02 Å². The molecule has 0 heterocycles. The van der Waals surface area contributed by atoms with Gasteiger partial charge in [-0.3, -0.25) is 14.5 Å². The first-order chi connectivity index (χ1) is 13.9. The fourth-order valence-corrected chi connectivity index (χ4v) is 3.20. The maximum absolute atomic E-state index is 12.3. The zero-order valence-electron chi connectivity index (χ0n) is 17.1. The van der Waals surface area contributed by atoms with Gasteiger partial charge in [0, 0.05) is 17.5 Å². The number of halogens is 1. The van der Waals surface area contributed by atoms with Gasteiger partial charge in [-0.1, -0.05) is 48.9 Å². The van der Waals surface area contributed by atoms with Gasteiger partial charge >= 0.3 is 0 Å². The van der Waals surface area contributed by atoms with E-state index in [1.54, 1.807) is 30.1 Å². The molecule has 0 saturated heterocycles. The lowest BCUT2D eigenvalue weighted by Gasteiger charge is -2.19. The van der Waals surface area contributed by atoms with E-state index in [1.807, 2.05) is 18.2 Å². The lowest BCUT2D eigenvalue weighted by atomic mass is 9.96. The number of amides is 2. The van der Waals surface area contributed by atoms with Crippen LogP contribution in [0, 0.1) is 0 Å². The van der Waals surface area contributed by atoms with E-state index >= 15 is 0 Å². The van der Waals surface area contributed by atoms with Crippen molar-refractivity contribution >= 4 is 29.1 Å². The highest BCUT2D eigenvalue weighted by Crippen LogP contribution is 2.27. The number of nitrogens with one attached hydrogen (secondary N) is 2.